The van der Waals surface area contributed by atoms with Crippen molar-refractivity contribution in [1.29, 1.82) is 0 Å². The number of hydrogen-bond acceptors (Lipinski definition) is 6. The SMILES string of the molecule is Cc1cccc(CNc2nc(N[C@H](C)c3cccs3)c3cccc(C4=CCNCC4)c3n2)c1F. The van der Waals surface area contributed by atoms with E-state index in [2.05, 4.69) is 64.7 Å². The van der Waals surface area contributed by atoms with Crippen LogP contribution in [0.3, 0.4) is 0 Å². The summed E-state index contributed by atoms with van der Waals surface area (Å²) in [5.41, 5.74) is 4.54. The van der Waals surface area contributed by atoms with Crippen molar-refractivity contribution in [3.63, 3.8) is 0 Å². The fourth-order valence-electron chi connectivity index (χ4n) is 4.30. The molecule has 174 valence electrons. The summed E-state index contributed by atoms with van der Waals surface area (Å²) >= 11 is 1.72. The van der Waals surface area contributed by atoms with E-state index in [1.54, 1.807) is 30.4 Å². The van der Waals surface area contributed by atoms with E-state index in [1.165, 1.54) is 10.5 Å². The first kappa shape index (κ1) is 22.5. The summed E-state index contributed by atoms with van der Waals surface area (Å²) in [6.45, 7) is 6.03. The molecule has 2 aromatic heterocycles. The number of para-hydroxylation sites is 1. The zero-order valence-corrected chi connectivity index (χ0v) is 20.2. The number of aryl methyl sites for hydroxylation is 1. The zero-order chi connectivity index (χ0) is 23.5. The van der Waals surface area contributed by atoms with Gasteiger partial charge in [-0.05, 0) is 55.5 Å². The highest BCUT2D eigenvalue weighted by molar-refractivity contribution is 7.10. The Morgan fingerprint density at radius 3 is 2.79 bits per heavy atom. The Labute approximate surface area is 203 Å². The molecule has 0 radical (unpaired) electrons. The summed E-state index contributed by atoms with van der Waals surface area (Å²) < 4.78 is 14.6. The largest absolute Gasteiger partial charge is 0.362 e. The smallest absolute Gasteiger partial charge is 0.225 e. The van der Waals surface area contributed by atoms with E-state index in [4.69, 9.17) is 9.97 Å². The normalized spacial score (nSPS) is 14.6. The molecule has 0 spiro atoms. The minimum atomic E-state index is -0.194. The molecule has 0 bridgehead atoms. The van der Waals surface area contributed by atoms with Crippen LogP contribution in [0, 0.1) is 12.7 Å². The van der Waals surface area contributed by atoms with Gasteiger partial charge in [-0.15, -0.1) is 11.3 Å². The fraction of sp³-hybridized carbons (Fsp3) is 0.259. The van der Waals surface area contributed by atoms with Gasteiger partial charge in [-0.25, -0.2) is 9.37 Å². The third-order valence-electron chi connectivity index (χ3n) is 6.17. The Hall–Kier alpha value is -3.29. The molecule has 2 aromatic carbocycles. The van der Waals surface area contributed by atoms with Gasteiger partial charge < -0.3 is 16.0 Å². The van der Waals surface area contributed by atoms with E-state index in [9.17, 15) is 4.39 Å². The van der Waals surface area contributed by atoms with Crippen LogP contribution in [0.5, 0.6) is 0 Å². The van der Waals surface area contributed by atoms with Gasteiger partial charge in [-0.3, -0.25) is 0 Å². The summed E-state index contributed by atoms with van der Waals surface area (Å²) in [6, 6.07) is 16.0. The van der Waals surface area contributed by atoms with E-state index in [-0.39, 0.29) is 11.9 Å². The van der Waals surface area contributed by atoms with Crippen LogP contribution in [0.1, 0.15) is 41.0 Å². The lowest BCUT2D eigenvalue weighted by Crippen LogP contribution is -2.20. The first-order valence-corrected chi connectivity index (χ1v) is 12.5. The monoisotopic (exact) mass is 473 g/mol. The second-order valence-electron chi connectivity index (χ2n) is 8.56. The van der Waals surface area contributed by atoms with Gasteiger partial charge in [0.15, 0.2) is 0 Å². The third-order valence-corrected chi connectivity index (χ3v) is 7.22. The van der Waals surface area contributed by atoms with Crippen molar-refractivity contribution in [3.8, 4) is 0 Å². The van der Waals surface area contributed by atoms with Crippen molar-refractivity contribution in [3.05, 3.63) is 87.4 Å². The van der Waals surface area contributed by atoms with Crippen LogP contribution in [-0.4, -0.2) is 23.1 Å². The van der Waals surface area contributed by atoms with Gasteiger partial charge in [0.05, 0.1) is 11.6 Å². The topological polar surface area (TPSA) is 61.9 Å². The Bertz CT molecular complexity index is 1330. The van der Waals surface area contributed by atoms with Gasteiger partial charge in [-0.2, -0.15) is 4.98 Å². The Morgan fingerprint density at radius 2 is 2.00 bits per heavy atom. The molecule has 0 unspecified atom stereocenters. The molecule has 3 N–H and O–H groups in total. The zero-order valence-electron chi connectivity index (χ0n) is 19.4. The van der Waals surface area contributed by atoms with Gasteiger partial charge >= 0.3 is 0 Å². The maximum atomic E-state index is 14.6. The molecule has 3 heterocycles. The minimum Gasteiger partial charge on any atom is -0.362 e. The number of aromatic nitrogens is 2. The van der Waals surface area contributed by atoms with Crippen LogP contribution >= 0.6 is 11.3 Å². The van der Waals surface area contributed by atoms with E-state index >= 15 is 0 Å². The van der Waals surface area contributed by atoms with Crippen LogP contribution in [0.25, 0.3) is 16.5 Å². The number of hydrogen-bond donors (Lipinski definition) is 3. The van der Waals surface area contributed by atoms with Crippen LogP contribution in [-0.2, 0) is 6.54 Å². The number of nitrogens with zero attached hydrogens (tertiary/aromatic N) is 2. The molecule has 5 nitrogen and oxygen atoms in total. The average molecular weight is 474 g/mol. The second kappa shape index (κ2) is 9.91. The summed E-state index contributed by atoms with van der Waals surface area (Å²) in [4.78, 5) is 11.0. The first-order chi connectivity index (χ1) is 16.6. The van der Waals surface area contributed by atoms with E-state index in [1.807, 2.05) is 6.07 Å². The molecule has 0 fully saturated rings. The molecule has 0 amide bonds. The summed E-state index contributed by atoms with van der Waals surface area (Å²) in [5, 5.41) is 13.3. The van der Waals surface area contributed by atoms with Crippen molar-refractivity contribution in [2.75, 3.05) is 23.7 Å². The third kappa shape index (κ3) is 4.67. The highest BCUT2D eigenvalue weighted by atomic mass is 32.1. The predicted molar refractivity (Wildman–Crippen MR) is 140 cm³/mol. The number of thiophene rings is 1. The summed E-state index contributed by atoms with van der Waals surface area (Å²) in [5.74, 6) is 1.06. The van der Waals surface area contributed by atoms with Crippen molar-refractivity contribution >= 4 is 39.6 Å². The Kier molecular flexibility index (Phi) is 6.56. The van der Waals surface area contributed by atoms with Gasteiger partial charge in [0.1, 0.15) is 11.6 Å². The van der Waals surface area contributed by atoms with Crippen molar-refractivity contribution in [2.24, 2.45) is 0 Å². The van der Waals surface area contributed by atoms with Crippen molar-refractivity contribution in [2.45, 2.75) is 32.9 Å². The fourth-order valence-corrected chi connectivity index (χ4v) is 5.03. The van der Waals surface area contributed by atoms with E-state index < -0.39 is 0 Å². The van der Waals surface area contributed by atoms with Crippen molar-refractivity contribution in [1.82, 2.24) is 15.3 Å². The van der Waals surface area contributed by atoms with Crippen LogP contribution in [0.15, 0.2) is 60.0 Å². The maximum Gasteiger partial charge on any atom is 0.225 e. The van der Waals surface area contributed by atoms with Crippen LogP contribution in [0.2, 0.25) is 0 Å². The molecule has 0 saturated carbocycles. The number of nitrogens with one attached hydrogen (secondary N) is 3. The standard InChI is InChI=1S/C27H28FN5S/c1-17-6-3-7-20(24(17)28)16-30-27-32-25-21(19-11-13-29-14-12-19)8-4-9-22(25)26(33-27)31-18(2)23-10-5-15-34-23/h3-11,15,18,29H,12-14,16H2,1-2H3,(H2,30,31,32,33)/t18-/m1/s1. The predicted octanol–water partition coefficient (Wildman–Crippen LogP) is 6.30. The minimum absolute atomic E-state index is 0.0990. The first-order valence-electron chi connectivity index (χ1n) is 11.6. The molecular formula is C27H28FN5S. The second-order valence-corrected chi connectivity index (χ2v) is 9.54. The molecule has 5 rings (SSSR count). The Morgan fingerprint density at radius 1 is 1.12 bits per heavy atom. The number of fused-ring (bicyclic) bond motifs is 1. The number of halogens is 1. The van der Waals surface area contributed by atoms with Crippen LogP contribution < -0.4 is 16.0 Å². The molecule has 1 atom stereocenters. The lowest BCUT2D eigenvalue weighted by Gasteiger charge is -2.19. The van der Waals surface area contributed by atoms with Gasteiger partial charge in [0.2, 0.25) is 5.95 Å². The van der Waals surface area contributed by atoms with Crippen LogP contribution in [0.4, 0.5) is 16.2 Å². The van der Waals surface area contributed by atoms with Crippen molar-refractivity contribution < 1.29 is 4.39 Å². The quantitative estimate of drug-likeness (QED) is 0.294. The molecule has 4 aromatic rings. The molecule has 1 aliphatic heterocycles. The lowest BCUT2D eigenvalue weighted by molar-refractivity contribution is 0.603. The van der Waals surface area contributed by atoms with Gasteiger partial charge in [0, 0.05) is 34.5 Å². The van der Waals surface area contributed by atoms with E-state index in [0.717, 1.165) is 41.8 Å². The van der Waals surface area contributed by atoms with Gasteiger partial charge in [-0.1, -0.05) is 42.5 Å². The molecular weight excluding hydrogens is 445 g/mol. The highest BCUT2D eigenvalue weighted by Gasteiger charge is 2.17. The summed E-state index contributed by atoms with van der Waals surface area (Å²) in [6.07, 6.45) is 3.19. The number of rotatable bonds is 7. The number of anilines is 2. The molecule has 1 aliphatic rings. The average Bonchev–Trinajstić information content (AvgIpc) is 3.40. The molecule has 0 saturated heterocycles. The van der Waals surface area contributed by atoms with Gasteiger partial charge in [0.25, 0.3) is 0 Å². The Balaban J connectivity index is 1.55. The molecule has 34 heavy (non-hydrogen) atoms. The summed E-state index contributed by atoms with van der Waals surface area (Å²) in [7, 11) is 0. The number of benzene rings is 2. The molecule has 0 aliphatic carbocycles. The maximum absolute atomic E-state index is 14.6. The molecule has 7 heteroatoms. The van der Waals surface area contributed by atoms with E-state index in [0.29, 0.717) is 23.6 Å². The highest BCUT2D eigenvalue weighted by Crippen LogP contribution is 2.33. The lowest BCUT2D eigenvalue weighted by atomic mass is 9.97.